The van der Waals surface area contributed by atoms with Crippen LogP contribution in [0.3, 0.4) is 0 Å². The molecule has 0 aliphatic carbocycles. The number of ketones is 1. The number of nitrogens with zero attached hydrogens (tertiary/aromatic N) is 3. The lowest BCUT2D eigenvalue weighted by Gasteiger charge is -2.32. The highest BCUT2D eigenvalue weighted by Crippen LogP contribution is 2.22. The van der Waals surface area contributed by atoms with Gasteiger partial charge in [0.05, 0.1) is 0 Å². The number of likely N-dealkylation sites (tertiary alicyclic amines) is 1. The van der Waals surface area contributed by atoms with Crippen LogP contribution in [0.25, 0.3) is 0 Å². The number of piperidine rings is 1. The summed E-state index contributed by atoms with van der Waals surface area (Å²) in [6.45, 7) is 6.82. The topological polar surface area (TPSA) is 55.2 Å². The molecule has 0 unspecified atom stereocenters. The van der Waals surface area contributed by atoms with Crippen LogP contribution in [0.5, 0.6) is 0 Å². The first-order valence-electron chi connectivity index (χ1n) is 10.0. The third-order valence-corrected chi connectivity index (χ3v) is 5.67. The molecule has 1 aliphatic heterocycles. The van der Waals surface area contributed by atoms with Crippen molar-refractivity contribution in [2.24, 2.45) is 5.92 Å². The lowest BCUT2D eigenvalue weighted by atomic mass is 9.96. The summed E-state index contributed by atoms with van der Waals surface area (Å²) in [5.41, 5.74) is 0.609. The van der Waals surface area contributed by atoms with E-state index < -0.39 is 0 Å². The Bertz CT molecular complexity index is 805. The van der Waals surface area contributed by atoms with Crippen LogP contribution in [0.15, 0.2) is 36.7 Å². The number of rotatable bonds is 7. The summed E-state index contributed by atoms with van der Waals surface area (Å²) in [5, 5.41) is 0.603. The van der Waals surface area contributed by atoms with E-state index in [4.69, 9.17) is 11.6 Å². The molecule has 1 saturated heterocycles. The molecule has 2 heterocycles. The molecule has 5 nitrogen and oxygen atoms in total. The van der Waals surface area contributed by atoms with Crippen molar-refractivity contribution in [3.05, 3.63) is 53.1 Å². The van der Waals surface area contributed by atoms with Crippen molar-refractivity contribution in [3.8, 4) is 0 Å². The third kappa shape index (κ3) is 5.22. The van der Waals surface area contributed by atoms with Crippen LogP contribution in [-0.2, 0) is 11.3 Å². The number of hydrogen-bond donors (Lipinski definition) is 0. The molecule has 28 heavy (non-hydrogen) atoms. The molecule has 1 amide bonds. The predicted octanol–water partition coefficient (Wildman–Crippen LogP) is 4.56. The quantitative estimate of drug-likeness (QED) is 0.639. The van der Waals surface area contributed by atoms with Gasteiger partial charge in [0.25, 0.3) is 0 Å². The monoisotopic (exact) mass is 401 g/mol. The second-order valence-corrected chi connectivity index (χ2v) is 8.28. The summed E-state index contributed by atoms with van der Waals surface area (Å²) >= 11 is 5.85. The van der Waals surface area contributed by atoms with Crippen molar-refractivity contribution in [3.63, 3.8) is 0 Å². The Labute approximate surface area is 171 Å². The van der Waals surface area contributed by atoms with E-state index in [-0.39, 0.29) is 24.5 Å². The first kappa shape index (κ1) is 20.6. The van der Waals surface area contributed by atoms with Crippen LogP contribution in [0.1, 0.15) is 61.6 Å². The van der Waals surface area contributed by atoms with Gasteiger partial charge in [-0.2, -0.15) is 0 Å². The maximum Gasteiger partial charge on any atom is 0.223 e. The maximum atomic E-state index is 12.5. The first-order valence-corrected chi connectivity index (χ1v) is 10.4. The predicted molar refractivity (Wildman–Crippen MR) is 111 cm³/mol. The molecule has 0 spiro atoms. The molecular weight excluding hydrogens is 374 g/mol. The fraction of sp³-hybridized carbons (Fsp3) is 0.500. The molecule has 6 heteroatoms. The summed E-state index contributed by atoms with van der Waals surface area (Å²) in [6, 6.07) is 6.82. The summed E-state index contributed by atoms with van der Waals surface area (Å²) in [7, 11) is 0. The van der Waals surface area contributed by atoms with Crippen LogP contribution in [-0.4, -0.2) is 39.2 Å². The molecule has 1 aliphatic rings. The summed E-state index contributed by atoms with van der Waals surface area (Å²) in [6.07, 6.45) is 6.42. The van der Waals surface area contributed by atoms with Crippen LogP contribution in [0.2, 0.25) is 5.02 Å². The SMILES string of the molecule is CC(C)c1nccn1CC1CCN(C(=O)CCC(=O)c2ccc(Cl)cc2)CC1. The second kappa shape index (κ2) is 9.37. The highest BCUT2D eigenvalue weighted by atomic mass is 35.5. The highest BCUT2D eigenvalue weighted by Gasteiger charge is 2.24. The number of benzene rings is 1. The number of hydrogen-bond acceptors (Lipinski definition) is 3. The molecule has 150 valence electrons. The third-order valence-electron chi connectivity index (χ3n) is 5.42. The number of imidazole rings is 1. The fourth-order valence-corrected chi connectivity index (χ4v) is 3.90. The summed E-state index contributed by atoms with van der Waals surface area (Å²) in [4.78, 5) is 31.1. The van der Waals surface area contributed by atoms with E-state index in [9.17, 15) is 9.59 Å². The minimum Gasteiger partial charge on any atom is -0.343 e. The zero-order chi connectivity index (χ0) is 20.1. The molecule has 1 aromatic carbocycles. The Hall–Kier alpha value is -2.14. The van der Waals surface area contributed by atoms with Gasteiger partial charge in [0.1, 0.15) is 5.82 Å². The Balaban J connectivity index is 1.44. The van der Waals surface area contributed by atoms with Crippen molar-refractivity contribution in [1.82, 2.24) is 14.5 Å². The highest BCUT2D eigenvalue weighted by molar-refractivity contribution is 6.30. The molecule has 0 N–H and O–H groups in total. The number of amides is 1. The molecule has 0 bridgehead atoms. The van der Waals surface area contributed by atoms with E-state index in [0.717, 1.165) is 38.3 Å². The summed E-state index contributed by atoms with van der Waals surface area (Å²) in [5.74, 6) is 2.16. The van der Waals surface area contributed by atoms with Crippen molar-refractivity contribution in [2.75, 3.05) is 13.1 Å². The van der Waals surface area contributed by atoms with Gasteiger partial charge in [-0.1, -0.05) is 25.4 Å². The maximum absolute atomic E-state index is 12.5. The van der Waals surface area contributed by atoms with Crippen LogP contribution in [0, 0.1) is 5.92 Å². The van der Waals surface area contributed by atoms with E-state index >= 15 is 0 Å². The van der Waals surface area contributed by atoms with Crippen LogP contribution in [0.4, 0.5) is 0 Å². The van der Waals surface area contributed by atoms with Gasteiger partial charge in [-0.15, -0.1) is 0 Å². The molecule has 2 aromatic rings. The Morgan fingerprint density at radius 3 is 2.46 bits per heavy atom. The molecule has 1 fully saturated rings. The molecule has 0 saturated carbocycles. The van der Waals surface area contributed by atoms with Gasteiger partial charge in [-0.3, -0.25) is 9.59 Å². The van der Waals surface area contributed by atoms with E-state index in [1.807, 2.05) is 11.1 Å². The van der Waals surface area contributed by atoms with E-state index in [1.54, 1.807) is 24.3 Å². The van der Waals surface area contributed by atoms with Gasteiger partial charge in [-0.25, -0.2) is 4.98 Å². The second-order valence-electron chi connectivity index (χ2n) is 7.85. The number of aromatic nitrogens is 2. The zero-order valence-electron chi connectivity index (χ0n) is 16.6. The van der Waals surface area contributed by atoms with Gasteiger partial charge < -0.3 is 9.47 Å². The number of carbonyl (C=O) groups is 2. The Kier molecular flexibility index (Phi) is 6.89. The average molecular weight is 402 g/mol. The van der Waals surface area contributed by atoms with Crippen LogP contribution >= 0.6 is 11.6 Å². The first-order chi connectivity index (χ1) is 13.4. The minimum absolute atomic E-state index is 0.0128. The molecular formula is C22H28ClN3O2. The molecule has 1 aromatic heterocycles. The average Bonchev–Trinajstić information content (AvgIpc) is 3.15. The lowest BCUT2D eigenvalue weighted by molar-refractivity contribution is -0.132. The van der Waals surface area contributed by atoms with Crippen molar-refractivity contribution < 1.29 is 9.59 Å². The van der Waals surface area contributed by atoms with E-state index in [0.29, 0.717) is 22.4 Å². The number of halogens is 1. The van der Waals surface area contributed by atoms with Gasteiger partial charge in [0.2, 0.25) is 5.91 Å². The minimum atomic E-state index is -0.0128. The molecule has 3 rings (SSSR count). The molecule has 0 atom stereocenters. The largest absolute Gasteiger partial charge is 0.343 e. The van der Waals surface area contributed by atoms with Crippen molar-refractivity contribution in [2.45, 2.75) is 52.0 Å². The van der Waals surface area contributed by atoms with Gasteiger partial charge in [0, 0.05) is 61.4 Å². The smallest absolute Gasteiger partial charge is 0.223 e. The number of carbonyl (C=O) groups excluding carboxylic acids is 2. The van der Waals surface area contributed by atoms with E-state index in [1.165, 1.54) is 0 Å². The van der Waals surface area contributed by atoms with Crippen LogP contribution < -0.4 is 0 Å². The zero-order valence-corrected chi connectivity index (χ0v) is 17.4. The Morgan fingerprint density at radius 2 is 1.82 bits per heavy atom. The van der Waals surface area contributed by atoms with Crippen molar-refractivity contribution in [1.29, 1.82) is 0 Å². The number of Topliss-reactive ketones (excluding diaryl/α,β-unsaturated/α-hetero) is 1. The lowest BCUT2D eigenvalue weighted by Crippen LogP contribution is -2.39. The Morgan fingerprint density at radius 1 is 1.14 bits per heavy atom. The van der Waals surface area contributed by atoms with Crippen molar-refractivity contribution >= 4 is 23.3 Å². The van der Waals surface area contributed by atoms with E-state index in [2.05, 4.69) is 29.6 Å². The van der Waals surface area contributed by atoms with Gasteiger partial charge >= 0.3 is 0 Å². The normalized spacial score (nSPS) is 15.2. The summed E-state index contributed by atoms with van der Waals surface area (Å²) < 4.78 is 2.25. The van der Waals surface area contributed by atoms with Gasteiger partial charge in [0.15, 0.2) is 5.78 Å². The molecule has 0 radical (unpaired) electrons. The fourth-order valence-electron chi connectivity index (χ4n) is 3.78. The standard InChI is InChI=1S/C22H28ClN3O2/c1-16(2)22-24-11-14-26(22)15-17-9-12-25(13-10-17)21(28)8-7-20(27)18-3-5-19(23)6-4-18/h3-6,11,14,16-17H,7-10,12-13,15H2,1-2H3. The van der Waals surface area contributed by atoms with Gasteiger partial charge in [-0.05, 0) is 43.0 Å².